The van der Waals surface area contributed by atoms with Crippen LogP contribution in [-0.2, 0) is 0 Å². The van der Waals surface area contributed by atoms with Gasteiger partial charge in [-0.2, -0.15) is 0 Å². The highest BCUT2D eigenvalue weighted by atomic mass is 14.4. The molecule has 0 aromatic rings. The first kappa shape index (κ1) is 7.15. The molecule has 0 aromatic heterocycles. The fourth-order valence-electron chi connectivity index (χ4n) is 2.34. The Morgan fingerprint density at radius 1 is 1.27 bits per heavy atom. The fraction of sp³-hybridized carbons (Fsp3) is 0.636. The molecule has 0 saturated heterocycles. The molecular weight excluding hydrogens is 132 g/mol. The number of hydrogen-bond donors (Lipinski definition) is 0. The summed E-state index contributed by atoms with van der Waals surface area (Å²) in [6, 6.07) is 0. The maximum atomic E-state index is 2.44. The van der Waals surface area contributed by atoms with Crippen molar-refractivity contribution in [2.45, 2.75) is 32.6 Å². The normalized spacial score (nSPS) is 42.1. The summed E-state index contributed by atoms with van der Waals surface area (Å²) in [5, 5.41) is 0. The molecule has 2 atom stereocenters. The predicted molar refractivity (Wildman–Crippen MR) is 48.3 cm³/mol. The van der Waals surface area contributed by atoms with Crippen molar-refractivity contribution < 1.29 is 0 Å². The summed E-state index contributed by atoms with van der Waals surface area (Å²) in [5.74, 6) is 0.928. The minimum atomic E-state index is 0.507. The number of fused-ring (bicyclic) bond motifs is 1. The number of hydrogen-bond acceptors (Lipinski definition) is 0. The molecule has 60 valence electrons. The number of allylic oxidation sites excluding steroid dienone is 4. The maximum absolute atomic E-state index is 2.44. The molecule has 0 nitrogen and oxygen atoms in total. The van der Waals surface area contributed by atoms with Crippen LogP contribution in [0.1, 0.15) is 32.6 Å². The Bertz CT molecular complexity index is 200. The van der Waals surface area contributed by atoms with Gasteiger partial charge in [-0.25, -0.2) is 0 Å². The summed E-state index contributed by atoms with van der Waals surface area (Å²) in [6.45, 7) is 2.40. The quantitative estimate of drug-likeness (QED) is 0.462. The van der Waals surface area contributed by atoms with Crippen LogP contribution < -0.4 is 0 Å². The van der Waals surface area contributed by atoms with E-state index < -0.39 is 0 Å². The van der Waals surface area contributed by atoms with Crippen LogP contribution >= 0.6 is 0 Å². The van der Waals surface area contributed by atoms with Gasteiger partial charge in [0.15, 0.2) is 0 Å². The summed E-state index contributed by atoms with van der Waals surface area (Å²) in [4.78, 5) is 0. The summed E-state index contributed by atoms with van der Waals surface area (Å²) in [6.07, 6.45) is 14.7. The third-order valence-corrected chi connectivity index (χ3v) is 3.26. The summed E-state index contributed by atoms with van der Waals surface area (Å²) >= 11 is 0. The smallest absolute Gasteiger partial charge is 0.00808 e. The van der Waals surface area contributed by atoms with Gasteiger partial charge in [0.25, 0.3) is 0 Å². The fourth-order valence-corrected chi connectivity index (χ4v) is 2.34. The lowest BCUT2D eigenvalue weighted by Crippen LogP contribution is -2.28. The van der Waals surface area contributed by atoms with Crippen LogP contribution in [0, 0.1) is 11.3 Å². The minimum Gasteiger partial charge on any atom is -0.0882 e. The highest BCUT2D eigenvalue weighted by Gasteiger charge is 2.33. The van der Waals surface area contributed by atoms with Crippen LogP contribution in [0.2, 0.25) is 0 Å². The summed E-state index contributed by atoms with van der Waals surface area (Å²) in [7, 11) is 0. The van der Waals surface area contributed by atoms with E-state index in [2.05, 4.69) is 31.2 Å². The molecule has 0 saturated carbocycles. The third-order valence-electron chi connectivity index (χ3n) is 3.26. The Balaban J connectivity index is 2.25. The monoisotopic (exact) mass is 148 g/mol. The van der Waals surface area contributed by atoms with Gasteiger partial charge in [-0.3, -0.25) is 0 Å². The minimum absolute atomic E-state index is 0.507. The van der Waals surface area contributed by atoms with Crippen molar-refractivity contribution >= 4 is 0 Å². The van der Waals surface area contributed by atoms with Crippen LogP contribution in [0.25, 0.3) is 0 Å². The molecule has 0 aromatic carbocycles. The zero-order valence-corrected chi connectivity index (χ0v) is 7.22. The van der Waals surface area contributed by atoms with Crippen LogP contribution in [0.5, 0.6) is 0 Å². The van der Waals surface area contributed by atoms with Gasteiger partial charge in [-0.15, -0.1) is 0 Å². The second-order valence-corrected chi connectivity index (χ2v) is 4.09. The van der Waals surface area contributed by atoms with E-state index in [1.165, 1.54) is 25.7 Å². The SMILES string of the molecule is CC12C=CCCC1CC=CC2. The van der Waals surface area contributed by atoms with Gasteiger partial charge >= 0.3 is 0 Å². The van der Waals surface area contributed by atoms with Gasteiger partial charge in [0.05, 0.1) is 0 Å². The Morgan fingerprint density at radius 3 is 3.00 bits per heavy atom. The topological polar surface area (TPSA) is 0 Å². The van der Waals surface area contributed by atoms with E-state index >= 15 is 0 Å². The van der Waals surface area contributed by atoms with Crippen molar-refractivity contribution in [1.29, 1.82) is 0 Å². The van der Waals surface area contributed by atoms with Crippen molar-refractivity contribution in [2.24, 2.45) is 11.3 Å². The second kappa shape index (κ2) is 2.51. The first-order valence-electron chi connectivity index (χ1n) is 4.64. The third kappa shape index (κ3) is 1.15. The standard InChI is InChI=1S/C11H16/c1-11-8-4-2-6-10(11)7-3-5-9-11/h2,4-5,9-10H,3,6-8H2,1H3. The summed E-state index contributed by atoms with van der Waals surface area (Å²) in [5.41, 5.74) is 0.507. The zero-order valence-electron chi connectivity index (χ0n) is 7.22. The van der Waals surface area contributed by atoms with Crippen molar-refractivity contribution in [3.8, 4) is 0 Å². The Hall–Kier alpha value is -0.520. The van der Waals surface area contributed by atoms with E-state index in [-0.39, 0.29) is 0 Å². The highest BCUT2D eigenvalue weighted by molar-refractivity contribution is 5.12. The average Bonchev–Trinajstić information content (AvgIpc) is 2.03. The van der Waals surface area contributed by atoms with Gasteiger partial charge in [0.2, 0.25) is 0 Å². The lowest BCUT2D eigenvalue weighted by molar-refractivity contribution is 0.221. The van der Waals surface area contributed by atoms with E-state index in [0.29, 0.717) is 5.41 Å². The first-order valence-corrected chi connectivity index (χ1v) is 4.64. The molecule has 0 amide bonds. The van der Waals surface area contributed by atoms with Crippen molar-refractivity contribution in [1.82, 2.24) is 0 Å². The van der Waals surface area contributed by atoms with E-state index in [9.17, 15) is 0 Å². The Labute approximate surface area is 69.0 Å². The van der Waals surface area contributed by atoms with Crippen LogP contribution in [-0.4, -0.2) is 0 Å². The van der Waals surface area contributed by atoms with Gasteiger partial charge in [-0.1, -0.05) is 31.2 Å². The van der Waals surface area contributed by atoms with E-state index in [0.717, 1.165) is 5.92 Å². The molecular formula is C11H16. The van der Waals surface area contributed by atoms with Gasteiger partial charge in [-0.05, 0) is 37.0 Å². The van der Waals surface area contributed by atoms with Gasteiger partial charge in [0.1, 0.15) is 0 Å². The van der Waals surface area contributed by atoms with Crippen molar-refractivity contribution in [2.75, 3.05) is 0 Å². The molecule has 0 spiro atoms. The lowest BCUT2D eigenvalue weighted by atomic mass is 9.66. The Morgan fingerprint density at radius 2 is 2.18 bits per heavy atom. The van der Waals surface area contributed by atoms with Crippen LogP contribution in [0.15, 0.2) is 24.3 Å². The van der Waals surface area contributed by atoms with Crippen LogP contribution in [0.4, 0.5) is 0 Å². The molecule has 0 N–H and O–H groups in total. The molecule has 2 rings (SSSR count). The molecule has 2 aliphatic rings. The summed E-state index contributed by atoms with van der Waals surface area (Å²) < 4.78 is 0. The van der Waals surface area contributed by atoms with Gasteiger partial charge in [0, 0.05) is 0 Å². The zero-order chi connectivity index (χ0) is 7.73. The molecule has 0 heterocycles. The maximum Gasteiger partial charge on any atom is -0.00808 e. The largest absolute Gasteiger partial charge is 0.0882 e. The molecule has 2 aliphatic carbocycles. The molecule has 0 radical (unpaired) electrons. The molecule has 11 heavy (non-hydrogen) atoms. The molecule has 0 heteroatoms. The first-order chi connectivity index (χ1) is 5.31. The highest BCUT2D eigenvalue weighted by Crippen LogP contribution is 2.44. The van der Waals surface area contributed by atoms with Gasteiger partial charge < -0.3 is 0 Å². The average molecular weight is 148 g/mol. The van der Waals surface area contributed by atoms with E-state index in [1.807, 2.05) is 0 Å². The Kier molecular flexibility index (Phi) is 1.63. The number of rotatable bonds is 0. The van der Waals surface area contributed by atoms with Crippen molar-refractivity contribution in [3.63, 3.8) is 0 Å². The second-order valence-electron chi connectivity index (χ2n) is 4.09. The lowest BCUT2D eigenvalue weighted by Gasteiger charge is -2.39. The molecule has 0 bridgehead atoms. The molecule has 0 fully saturated rings. The van der Waals surface area contributed by atoms with E-state index in [1.54, 1.807) is 0 Å². The molecule has 2 unspecified atom stereocenters. The predicted octanol–water partition coefficient (Wildman–Crippen LogP) is 3.31. The van der Waals surface area contributed by atoms with Crippen LogP contribution in [0.3, 0.4) is 0 Å². The van der Waals surface area contributed by atoms with E-state index in [4.69, 9.17) is 0 Å². The van der Waals surface area contributed by atoms with Crippen molar-refractivity contribution in [3.05, 3.63) is 24.3 Å². The molecule has 0 aliphatic heterocycles.